The van der Waals surface area contributed by atoms with Gasteiger partial charge in [0.2, 0.25) is 0 Å². The molecule has 0 atom stereocenters. The van der Waals surface area contributed by atoms with E-state index in [0.717, 1.165) is 41.5 Å². The van der Waals surface area contributed by atoms with Crippen molar-refractivity contribution in [2.75, 3.05) is 0 Å². The number of unbranched alkanes of at least 4 members (excludes halogenated alkanes) is 1. The topological polar surface area (TPSA) is 63.3 Å². The van der Waals surface area contributed by atoms with Gasteiger partial charge in [-0.15, -0.1) is 0 Å². The van der Waals surface area contributed by atoms with Crippen LogP contribution >= 0.6 is 0 Å². The Bertz CT molecular complexity index is 963. The number of fused-ring (bicyclic) bond motifs is 3. The number of rotatable bonds is 6. The zero-order chi connectivity index (χ0) is 21.0. The van der Waals surface area contributed by atoms with E-state index in [1.54, 1.807) is 0 Å². The number of aliphatic carboxylic acids is 1. The fourth-order valence-corrected chi connectivity index (χ4v) is 4.39. The maximum atomic E-state index is 12.5. The fraction of sp³-hybridized carbons (Fsp3) is 0.296. The third-order valence-electron chi connectivity index (χ3n) is 6.16. The first-order valence-electron chi connectivity index (χ1n) is 10.9. The predicted octanol–water partition coefficient (Wildman–Crippen LogP) is 5.56. The van der Waals surface area contributed by atoms with Crippen molar-refractivity contribution in [1.82, 2.24) is 0 Å². The number of hydrogen-bond donors (Lipinski definition) is 2. The molecular formula is C27H29NO2. The maximum Gasteiger partial charge on any atom is 0.318 e. The lowest BCUT2D eigenvalue weighted by Crippen LogP contribution is -2.35. The monoisotopic (exact) mass is 399 g/mol. The zero-order valence-corrected chi connectivity index (χ0v) is 17.3. The van der Waals surface area contributed by atoms with Gasteiger partial charge in [-0.25, -0.2) is 0 Å². The van der Waals surface area contributed by atoms with E-state index < -0.39 is 11.4 Å². The highest BCUT2D eigenvalue weighted by molar-refractivity contribution is 5.97. The molecule has 0 bridgehead atoms. The normalized spacial score (nSPS) is 15.5. The van der Waals surface area contributed by atoms with Crippen LogP contribution in [0.3, 0.4) is 0 Å². The van der Waals surface area contributed by atoms with Crippen LogP contribution in [-0.2, 0) is 16.6 Å². The molecule has 0 radical (unpaired) electrons. The van der Waals surface area contributed by atoms with E-state index in [1.165, 1.54) is 18.4 Å². The summed E-state index contributed by atoms with van der Waals surface area (Å²) < 4.78 is 0. The summed E-state index contributed by atoms with van der Waals surface area (Å²) in [5.41, 5.74) is 9.61. The van der Waals surface area contributed by atoms with Gasteiger partial charge in [0.15, 0.2) is 0 Å². The first-order valence-corrected chi connectivity index (χ1v) is 10.9. The van der Waals surface area contributed by atoms with Crippen molar-refractivity contribution >= 4 is 5.97 Å². The van der Waals surface area contributed by atoms with Crippen molar-refractivity contribution in [1.29, 1.82) is 0 Å². The van der Waals surface area contributed by atoms with E-state index in [-0.39, 0.29) is 0 Å². The molecule has 3 aromatic rings. The van der Waals surface area contributed by atoms with Crippen molar-refractivity contribution < 1.29 is 9.90 Å². The summed E-state index contributed by atoms with van der Waals surface area (Å²) in [6.07, 6.45) is 6.01. The quantitative estimate of drug-likeness (QED) is 0.534. The summed E-state index contributed by atoms with van der Waals surface area (Å²) in [5.74, 6) is -0.741. The molecule has 154 valence electrons. The van der Waals surface area contributed by atoms with E-state index in [4.69, 9.17) is 5.73 Å². The van der Waals surface area contributed by atoms with E-state index in [2.05, 4.69) is 24.3 Å². The zero-order valence-electron chi connectivity index (χ0n) is 17.3. The molecule has 2 aliphatic rings. The molecule has 1 saturated carbocycles. The highest BCUT2D eigenvalue weighted by Gasteiger charge is 2.48. The highest BCUT2D eigenvalue weighted by atomic mass is 16.4. The van der Waals surface area contributed by atoms with Gasteiger partial charge in [-0.2, -0.15) is 0 Å². The number of carbonyl (C=O) groups is 1. The molecule has 0 unspecified atom stereocenters. The van der Waals surface area contributed by atoms with Crippen molar-refractivity contribution in [3.05, 3.63) is 95.6 Å². The first kappa shape index (κ1) is 20.4. The molecule has 1 fully saturated rings. The molecule has 0 spiro atoms. The minimum Gasteiger partial charge on any atom is -0.480 e. The van der Waals surface area contributed by atoms with E-state index >= 15 is 0 Å². The van der Waals surface area contributed by atoms with E-state index in [0.29, 0.717) is 12.5 Å². The van der Waals surface area contributed by atoms with Gasteiger partial charge in [-0.3, -0.25) is 4.79 Å². The Morgan fingerprint density at radius 3 is 1.83 bits per heavy atom. The van der Waals surface area contributed by atoms with Crippen molar-refractivity contribution in [2.24, 2.45) is 5.73 Å². The minimum absolute atomic E-state index is 0.583. The summed E-state index contributed by atoms with van der Waals surface area (Å²) in [6, 6.07) is 26.9. The van der Waals surface area contributed by atoms with E-state index in [9.17, 15) is 9.90 Å². The molecule has 5 rings (SSSR count). The summed E-state index contributed by atoms with van der Waals surface area (Å²) in [7, 11) is 0. The van der Waals surface area contributed by atoms with Gasteiger partial charge in [-0.05, 0) is 59.9 Å². The molecule has 30 heavy (non-hydrogen) atoms. The predicted molar refractivity (Wildman–Crippen MR) is 122 cm³/mol. The maximum absolute atomic E-state index is 12.5. The minimum atomic E-state index is -0.927. The number of carboxylic acids is 1. The van der Waals surface area contributed by atoms with Crippen molar-refractivity contribution in [2.45, 2.75) is 50.0 Å². The Morgan fingerprint density at radius 2 is 1.33 bits per heavy atom. The van der Waals surface area contributed by atoms with Gasteiger partial charge in [0, 0.05) is 6.04 Å². The van der Waals surface area contributed by atoms with Crippen LogP contribution in [-0.4, -0.2) is 17.1 Å². The molecule has 0 saturated heterocycles. The lowest BCUT2D eigenvalue weighted by Gasteiger charge is -2.27. The van der Waals surface area contributed by atoms with Gasteiger partial charge in [-0.1, -0.05) is 85.3 Å². The molecule has 3 N–H and O–H groups in total. The smallest absolute Gasteiger partial charge is 0.318 e. The summed E-state index contributed by atoms with van der Waals surface area (Å²) >= 11 is 0. The number of carboxylic acid groups (broad SMARTS) is 1. The summed E-state index contributed by atoms with van der Waals surface area (Å²) in [6.45, 7) is 0. The van der Waals surface area contributed by atoms with Gasteiger partial charge in [0.05, 0.1) is 0 Å². The largest absolute Gasteiger partial charge is 0.480 e. The van der Waals surface area contributed by atoms with Gasteiger partial charge in [0.25, 0.3) is 0 Å². The molecule has 3 heteroatoms. The molecule has 3 aromatic carbocycles. The second-order valence-corrected chi connectivity index (χ2v) is 8.33. The lowest BCUT2D eigenvalue weighted by atomic mass is 9.74. The van der Waals surface area contributed by atoms with Crippen LogP contribution in [0.4, 0.5) is 0 Å². The van der Waals surface area contributed by atoms with Gasteiger partial charge in [0.1, 0.15) is 5.41 Å². The number of nitrogens with two attached hydrogens (primary N) is 1. The number of aryl methyl sites for hydroxylation is 1. The van der Waals surface area contributed by atoms with Gasteiger partial charge >= 0.3 is 5.97 Å². The number of benzene rings is 3. The first-order chi connectivity index (χ1) is 14.6. The van der Waals surface area contributed by atoms with Crippen molar-refractivity contribution in [3.8, 4) is 11.1 Å². The van der Waals surface area contributed by atoms with Crippen LogP contribution < -0.4 is 5.73 Å². The lowest BCUT2D eigenvalue weighted by molar-refractivity contribution is -0.142. The van der Waals surface area contributed by atoms with Crippen LogP contribution in [0.25, 0.3) is 11.1 Å². The van der Waals surface area contributed by atoms with E-state index in [1.807, 2.05) is 54.6 Å². The van der Waals surface area contributed by atoms with Crippen LogP contribution in [0, 0.1) is 0 Å². The van der Waals surface area contributed by atoms with Crippen LogP contribution in [0.2, 0.25) is 0 Å². The molecule has 3 nitrogen and oxygen atoms in total. The molecular weight excluding hydrogens is 370 g/mol. The second kappa shape index (κ2) is 8.85. The van der Waals surface area contributed by atoms with Crippen LogP contribution in [0.15, 0.2) is 78.9 Å². The summed E-state index contributed by atoms with van der Waals surface area (Å²) in [5, 5.41) is 10.3. The molecule has 0 aromatic heterocycles. The molecule has 2 aliphatic carbocycles. The third-order valence-corrected chi connectivity index (χ3v) is 6.16. The van der Waals surface area contributed by atoms with Gasteiger partial charge < -0.3 is 10.8 Å². The summed E-state index contributed by atoms with van der Waals surface area (Å²) in [4.78, 5) is 12.5. The Labute approximate surface area is 178 Å². The highest BCUT2D eigenvalue weighted by Crippen LogP contribution is 2.51. The average molecular weight is 400 g/mol. The molecule has 0 heterocycles. The SMILES string of the molecule is NC1CC1.O=C(O)C1(CCCCc2ccccc2)c2ccccc2-c2ccccc21. The second-order valence-electron chi connectivity index (χ2n) is 8.33. The third kappa shape index (κ3) is 4.03. The Balaban J connectivity index is 0.000000489. The number of hydrogen-bond acceptors (Lipinski definition) is 2. The Morgan fingerprint density at radius 1 is 0.833 bits per heavy atom. The fourth-order valence-electron chi connectivity index (χ4n) is 4.39. The molecule has 0 amide bonds. The van der Waals surface area contributed by atoms with Crippen molar-refractivity contribution in [3.63, 3.8) is 0 Å². The Hall–Kier alpha value is -2.91. The standard InChI is InChI=1S/C24H22O2.C3H7N/c25-23(26)24(17-9-8-12-18-10-2-1-3-11-18)21-15-6-4-13-19(21)20-14-5-7-16-22(20)24;4-3-1-2-3/h1-7,10-11,13-16H,8-9,12,17H2,(H,25,26);3H,1-2,4H2. The molecule has 0 aliphatic heterocycles. The van der Waals surface area contributed by atoms with Crippen LogP contribution in [0.5, 0.6) is 0 Å². The Kier molecular flexibility index (Phi) is 6.01. The average Bonchev–Trinajstić information content (AvgIpc) is 3.51. The van der Waals surface area contributed by atoms with Crippen LogP contribution in [0.1, 0.15) is 48.8 Å².